The van der Waals surface area contributed by atoms with E-state index in [4.69, 9.17) is 9.47 Å². The van der Waals surface area contributed by atoms with Gasteiger partial charge in [-0.3, -0.25) is 0 Å². The predicted molar refractivity (Wildman–Crippen MR) is 141 cm³/mol. The van der Waals surface area contributed by atoms with Crippen molar-refractivity contribution in [3.63, 3.8) is 0 Å². The molecule has 0 saturated heterocycles. The van der Waals surface area contributed by atoms with Crippen molar-refractivity contribution < 1.29 is 9.47 Å². The van der Waals surface area contributed by atoms with E-state index in [1.54, 1.807) is 23.5 Å². The number of rotatable bonds is 8. The second kappa shape index (κ2) is 11.0. The van der Waals surface area contributed by atoms with Crippen LogP contribution in [0.1, 0.15) is 0 Å². The van der Waals surface area contributed by atoms with E-state index >= 15 is 0 Å². The SMILES string of the molecule is c1ccc(Oc2cccc(Sc3cccc(Sc4cccc(Oc5ccccc5)c4)c3)c2)cc1. The maximum Gasteiger partial charge on any atom is 0.128 e. The monoisotopic (exact) mass is 478 g/mol. The van der Waals surface area contributed by atoms with Crippen LogP contribution in [0.2, 0.25) is 0 Å². The average Bonchev–Trinajstić information content (AvgIpc) is 2.86. The zero-order chi connectivity index (χ0) is 23.0. The van der Waals surface area contributed by atoms with Crippen LogP contribution in [0.25, 0.3) is 0 Å². The van der Waals surface area contributed by atoms with Gasteiger partial charge in [-0.2, -0.15) is 0 Å². The Hall–Kier alpha value is -3.60. The first-order valence-electron chi connectivity index (χ1n) is 10.9. The van der Waals surface area contributed by atoms with Gasteiger partial charge in [-0.25, -0.2) is 0 Å². The number of ether oxygens (including phenoxy) is 2. The predicted octanol–water partition coefficient (Wildman–Crippen LogP) is 9.57. The van der Waals surface area contributed by atoms with Crippen LogP contribution in [0.4, 0.5) is 0 Å². The molecular weight excluding hydrogens is 456 g/mol. The van der Waals surface area contributed by atoms with E-state index < -0.39 is 0 Å². The van der Waals surface area contributed by atoms with Crippen molar-refractivity contribution >= 4 is 23.5 Å². The Morgan fingerprint density at radius 1 is 0.324 bits per heavy atom. The fourth-order valence-corrected chi connectivity index (χ4v) is 5.25. The van der Waals surface area contributed by atoms with E-state index in [1.807, 2.05) is 84.9 Å². The molecule has 0 aliphatic heterocycles. The van der Waals surface area contributed by atoms with Crippen LogP contribution in [-0.2, 0) is 0 Å². The van der Waals surface area contributed by atoms with Gasteiger partial charge in [0.25, 0.3) is 0 Å². The molecule has 0 bridgehead atoms. The van der Waals surface area contributed by atoms with E-state index in [9.17, 15) is 0 Å². The number of hydrogen-bond donors (Lipinski definition) is 0. The standard InChI is InChI=1S/C30H22O2S2/c1-3-10-23(11-4-1)31-25-14-7-16-27(20-25)33-29-18-9-19-30(22-29)34-28-17-8-15-26(21-28)32-24-12-5-2-6-13-24/h1-22H. The first-order valence-corrected chi connectivity index (χ1v) is 12.6. The second-order valence-electron chi connectivity index (χ2n) is 7.46. The zero-order valence-electron chi connectivity index (χ0n) is 18.3. The van der Waals surface area contributed by atoms with E-state index in [0.717, 1.165) is 32.8 Å². The van der Waals surface area contributed by atoms with E-state index in [-0.39, 0.29) is 0 Å². The summed E-state index contributed by atoms with van der Waals surface area (Å²) in [5.41, 5.74) is 0. The Morgan fingerprint density at radius 3 is 1.12 bits per heavy atom. The molecule has 0 fully saturated rings. The van der Waals surface area contributed by atoms with Gasteiger partial charge in [-0.15, -0.1) is 0 Å². The van der Waals surface area contributed by atoms with Gasteiger partial charge >= 0.3 is 0 Å². The summed E-state index contributed by atoms with van der Waals surface area (Å²) in [6.45, 7) is 0. The van der Waals surface area contributed by atoms with Crippen molar-refractivity contribution in [1.82, 2.24) is 0 Å². The Bertz CT molecular complexity index is 1250. The molecule has 0 heterocycles. The van der Waals surface area contributed by atoms with Crippen molar-refractivity contribution in [2.45, 2.75) is 19.6 Å². The lowest BCUT2D eigenvalue weighted by atomic mass is 10.3. The van der Waals surface area contributed by atoms with Crippen molar-refractivity contribution in [2.75, 3.05) is 0 Å². The van der Waals surface area contributed by atoms with Crippen LogP contribution >= 0.6 is 23.5 Å². The van der Waals surface area contributed by atoms with Crippen LogP contribution in [0.5, 0.6) is 23.0 Å². The highest BCUT2D eigenvalue weighted by atomic mass is 32.2. The molecule has 0 radical (unpaired) electrons. The molecule has 0 amide bonds. The van der Waals surface area contributed by atoms with E-state index in [0.29, 0.717) is 0 Å². The average molecular weight is 479 g/mol. The molecule has 0 saturated carbocycles. The maximum atomic E-state index is 5.98. The van der Waals surface area contributed by atoms with Gasteiger partial charge in [-0.05, 0) is 78.9 Å². The number of hydrogen-bond acceptors (Lipinski definition) is 4. The lowest BCUT2D eigenvalue weighted by Crippen LogP contribution is -1.84. The highest BCUT2D eigenvalue weighted by Gasteiger charge is 2.05. The normalized spacial score (nSPS) is 10.6. The molecule has 0 aromatic heterocycles. The minimum Gasteiger partial charge on any atom is -0.457 e. The first-order chi connectivity index (χ1) is 16.8. The van der Waals surface area contributed by atoms with Gasteiger partial charge in [0, 0.05) is 19.6 Å². The highest BCUT2D eigenvalue weighted by Crippen LogP contribution is 2.36. The largest absolute Gasteiger partial charge is 0.457 e. The number of para-hydroxylation sites is 2. The van der Waals surface area contributed by atoms with Gasteiger partial charge in [0.2, 0.25) is 0 Å². The lowest BCUT2D eigenvalue weighted by Gasteiger charge is -2.09. The molecule has 5 aromatic carbocycles. The Morgan fingerprint density at radius 2 is 0.676 bits per heavy atom. The summed E-state index contributed by atoms with van der Waals surface area (Å²) in [6.07, 6.45) is 0. The minimum atomic E-state index is 0.831. The maximum absolute atomic E-state index is 5.98. The van der Waals surface area contributed by atoms with Gasteiger partial charge < -0.3 is 9.47 Å². The molecule has 5 rings (SSSR count). The van der Waals surface area contributed by atoms with Crippen LogP contribution < -0.4 is 9.47 Å². The van der Waals surface area contributed by atoms with Crippen molar-refractivity contribution in [3.05, 3.63) is 133 Å². The second-order valence-corrected chi connectivity index (χ2v) is 9.75. The quantitative estimate of drug-likeness (QED) is 0.221. The topological polar surface area (TPSA) is 18.5 Å². The van der Waals surface area contributed by atoms with Gasteiger partial charge in [0.1, 0.15) is 23.0 Å². The summed E-state index contributed by atoms with van der Waals surface area (Å²) in [5, 5.41) is 0. The molecule has 0 atom stereocenters. The zero-order valence-corrected chi connectivity index (χ0v) is 20.0. The summed E-state index contributed by atoms with van der Waals surface area (Å²) in [4.78, 5) is 4.62. The molecule has 0 aliphatic carbocycles. The molecule has 4 heteroatoms. The lowest BCUT2D eigenvalue weighted by molar-refractivity contribution is 0.481. The smallest absolute Gasteiger partial charge is 0.128 e. The molecule has 166 valence electrons. The van der Waals surface area contributed by atoms with E-state index in [1.165, 1.54) is 9.79 Å². The van der Waals surface area contributed by atoms with Crippen LogP contribution in [0.15, 0.2) is 153 Å². The molecule has 34 heavy (non-hydrogen) atoms. The summed E-state index contributed by atoms with van der Waals surface area (Å²) in [5.74, 6) is 3.33. The number of benzene rings is 5. The van der Waals surface area contributed by atoms with Crippen LogP contribution in [-0.4, -0.2) is 0 Å². The Balaban J connectivity index is 1.26. The third-order valence-electron chi connectivity index (χ3n) is 4.85. The molecule has 0 spiro atoms. The summed E-state index contributed by atoms with van der Waals surface area (Å²) in [6, 6.07) is 44.6. The first kappa shape index (κ1) is 22.2. The third-order valence-corrected chi connectivity index (χ3v) is 6.80. The highest BCUT2D eigenvalue weighted by molar-refractivity contribution is 8.00. The summed E-state index contributed by atoms with van der Waals surface area (Å²) < 4.78 is 12.0. The Labute approximate surface area is 208 Å². The molecule has 2 nitrogen and oxygen atoms in total. The molecule has 5 aromatic rings. The molecular formula is C30H22O2S2. The van der Waals surface area contributed by atoms with E-state index in [2.05, 4.69) is 48.5 Å². The summed E-state index contributed by atoms with van der Waals surface area (Å²) >= 11 is 3.45. The molecule has 0 unspecified atom stereocenters. The van der Waals surface area contributed by atoms with Gasteiger partial charge in [0.05, 0.1) is 0 Å². The Kier molecular flexibility index (Phi) is 7.19. The fourth-order valence-electron chi connectivity index (χ4n) is 3.32. The van der Waals surface area contributed by atoms with Gasteiger partial charge in [0.15, 0.2) is 0 Å². The van der Waals surface area contributed by atoms with Crippen LogP contribution in [0, 0.1) is 0 Å². The fraction of sp³-hybridized carbons (Fsp3) is 0. The minimum absolute atomic E-state index is 0.831. The molecule has 0 aliphatic rings. The van der Waals surface area contributed by atoms with Crippen molar-refractivity contribution in [2.24, 2.45) is 0 Å². The van der Waals surface area contributed by atoms with Crippen LogP contribution in [0.3, 0.4) is 0 Å². The third kappa shape index (κ3) is 6.25. The molecule has 0 N–H and O–H groups in total. The summed E-state index contributed by atoms with van der Waals surface area (Å²) in [7, 11) is 0. The van der Waals surface area contributed by atoms with Crippen molar-refractivity contribution in [3.8, 4) is 23.0 Å². The van der Waals surface area contributed by atoms with Crippen molar-refractivity contribution in [1.29, 1.82) is 0 Å². The van der Waals surface area contributed by atoms with Gasteiger partial charge in [-0.1, -0.05) is 78.1 Å².